The zero-order valence-corrected chi connectivity index (χ0v) is 21.6. The fourth-order valence-corrected chi connectivity index (χ4v) is 4.04. The molecule has 0 spiro atoms. The molecule has 8 nitrogen and oxygen atoms in total. The summed E-state index contributed by atoms with van der Waals surface area (Å²) >= 11 is 1.12. The lowest BCUT2D eigenvalue weighted by atomic mass is 10.1. The number of aromatic nitrogens is 2. The summed E-state index contributed by atoms with van der Waals surface area (Å²) in [4.78, 5) is 12.4. The number of nitrogens with one attached hydrogen (secondary N) is 1. The van der Waals surface area contributed by atoms with Crippen molar-refractivity contribution in [3.05, 3.63) is 101 Å². The molecule has 0 fully saturated rings. The summed E-state index contributed by atoms with van der Waals surface area (Å²) in [5.74, 6) is 1.13. The van der Waals surface area contributed by atoms with Crippen LogP contribution in [0.25, 0.3) is 11.6 Å². The Bertz CT molecular complexity index is 1410. The van der Waals surface area contributed by atoms with E-state index < -0.39 is 0 Å². The summed E-state index contributed by atoms with van der Waals surface area (Å²) in [6.45, 7) is 3.65. The number of aryl methyl sites for hydroxylation is 1. The number of benzene rings is 3. The summed E-state index contributed by atoms with van der Waals surface area (Å²) < 4.78 is 17.2. The van der Waals surface area contributed by atoms with E-state index in [1.807, 2.05) is 61.5 Å². The quantitative estimate of drug-likeness (QED) is 0.188. The summed E-state index contributed by atoms with van der Waals surface area (Å²) in [7, 11) is 0. The third-order valence-electron chi connectivity index (χ3n) is 5.25. The molecular weight excluding hydrogens is 500 g/mol. The molecule has 192 valence electrons. The highest BCUT2D eigenvalue weighted by molar-refractivity contribution is 7.16. The van der Waals surface area contributed by atoms with E-state index in [2.05, 4.69) is 21.6 Å². The maximum Gasteiger partial charge on any atom is 0.257 e. The van der Waals surface area contributed by atoms with Gasteiger partial charge in [-0.2, -0.15) is 5.26 Å². The van der Waals surface area contributed by atoms with Gasteiger partial charge in [0.1, 0.15) is 30.8 Å². The lowest BCUT2D eigenvalue weighted by Gasteiger charge is -2.10. The minimum Gasteiger partial charge on any atom is -0.491 e. The minimum absolute atomic E-state index is 0.293. The highest BCUT2D eigenvalue weighted by Crippen LogP contribution is 2.28. The highest BCUT2D eigenvalue weighted by atomic mass is 32.1. The number of amides is 1. The number of ether oxygens (including phenoxy) is 3. The van der Waals surface area contributed by atoms with E-state index in [0.717, 1.165) is 22.6 Å². The van der Waals surface area contributed by atoms with Crippen molar-refractivity contribution in [2.45, 2.75) is 6.92 Å². The van der Waals surface area contributed by atoms with Gasteiger partial charge in [0.2, 0.25) is 5.13 Å². The zero-order valence-electron chi connectivity index (χ0n) is 20.8. The number of nitrogens with zero attached hydrogens (tertiary/aromatic N) is 3. The first-order valence-electron chi connectivity index (χ1n) is 11.9. The number of carbonyl (C=O) groups is 1. The summed E-state index contributed by atoms with van der Waals surface area (Å²) in [6.07, 6.45) is 1.69. The van der Waals surface area contributed by atoms with E-state index in [-0.39, 0.29) is 5.91 Å². The molecule has 38 heavy (non-hydrogen) atoms. The van der Waals surface area contributed by atoms with Crippen molar-refractivity contribution >= 4 is 34.0 Å². The molecule has 0 unspecified atom stereocenters. The molecule has 1 aromatic heterocycles. The number of hydrogen-bond acceptors (Lipinski definition) is 8. The monoisotopic (exact) mass is 526 g/mol. The second-order valence-electron chi connectivity index (χ2n) is 8.06. The minimum atomic E-state index is -0.293. The SMILES string of the molecule is Cc1ccc(OCCOCCOc2ccccc2/C=C(/C#N)c2nnc(NC(=O)c3ccccc3)s2)cc1. The Morgan fingerprint density at radius 2 is 1.63 bits per heavy atom. The number of para-hydroxylation sites is 1. The smallest absolute Gasteiger partial charge is 0.257 e. The Labute approximate surface area is 225 Å². The van der Waals surface area contributed by atoms with Gasteiger partial charge in [0.25, 0.3) is 5.91 Å². The van der Waals surface area contributed by atoms with Crippen molar-refractivity contribution in [3.8, 4) is 17.6 Å². The predicted octanol–water partition coefficient (Wildman–Crippen LogP) is 5.64. The molecule has 1 amide bonds. The Morgan fingerprint density at radius 3 is 2.39 bits per heavy atom. The van der Waals surface area contributed by atoms with Gasteiger partial charge in [-0.05, 0) is 43.3 Å². The number of carbonyl (C=O) groups excluding carboxylic acids is 1. The summed E-state index contributed by atoms with van der Waals surface area (Å²) in [6, 6.07) is 26.2. The van der Waals surface area contributed by atoms with Crippen LogP contribution in [0.3, 0.4) is 0 Å². The van der Waals surface area contributed by atoms with Gasteiger partial charge in [-0.25, -0.2) is 0 Å². The maximum atomic E-state index is 12.4. The van der Waals surface area contributed by atoms with E-state index in [4.69, 9.17) is 14.2 Å². The normalized spacial score (nSPS) is 11.0. The Hall–Kier alpha value is -4.52. The van der Waals surface area contributed by atoms with Gasteiger partial charge in [-0.1, -0.05) is 65.4 Å². The number of nitriles is 1. The van der Waals surface area contributed by atoms with Crippen molar-refractivity contribution in [1.82, 2.24) is 10.2 Å². The van der Waals surface area contributed by atoms with E-state index >= 15 is 0 Å². The topological polar surface area (TPSA) is 106 Å². The maximum absolute atomic E-state index is 12.4. The van der Waals surface area contributed by atoms with Crippen LogP contribution in [-0.4, -0.2) is 42.5 Å². The molecule has 1 heterocycles. The lowest BCUT2D eigenvalue weighted by molar-refractivity contribution is 0.0764. The molecule has 0 aliphatic carbocycles. The van der Waals surface area contributed by atoms with Gasteiger partial charge in [0.15, 0.2) is 5.01 Å². The van der Waals surface area contributed by atoms with Crippen LogP contribution in [-0.2, 0) is 4.74 Å². The fraction of sp³-hybridized carbons (Fsp3) is 0.172. The molecule has 9 heteroatoms. The van der Waals surface area contributed by atoms with Crippen molar-refractivity contribution in [2.24, 2.45) is 0 Å². The molecule has 3 aromatic carbocycles. The number of anilines is 1. The molecule has 4 aromatic rings. The molecular formula is C29H26N4O4S. The fourth-order valence-electron chi connectivity index (χ4n) is 3.34. The van der Waals surface area contributed by atoms with Crippen LogP contribution < -0.4 is 14.8 Å². The van der Waals surface area contributed by atoms with Crippen LogP contribution >= 0.6 is 11.3 Å². The van der Waals surface area contributed by atoms with E-state index in [0.29, 0.717) is 53.5 Å². The van der Waals surface area contributed by atoms with Crippen LogP contribution in [0.2, 0.25) is 0 Å². The molecule has 0 saturated heterocycles. The molecule has 0 bridgehead atoms. The lowest BCUT2D eigenvalue weighted by Crippen LogP contribution is -2.12. The van der Waals surface area contributed by atoms with Gasteiger partial charge in [0.05, 0.1) is 18.8 Å². The van der Waals surface area contributed by atoms with E-state index in [1.165, 1.54) is 5.56 Å². The molecule has 0 aliphatic rings. The first-order chi connectivity index (χ1) is 18.6. The van der Waals surface area contributed by atoms with Crippen LogP contribution in [0.5, 0.6) is 11.5 Å². The van der Waals surface area contributed by atoms with Crippen LogP contribution in [0.4, 0.5) is 5.13 Å². The van der Waals surface area contributed by atoms with Gasteiger partial charge >= 0.3 is 0 Å². The molecule has 4 rings (SSSR count). The van der Waals surface area contributed by atoms with Gasteiger partial charge in [-0.15, -0.1) is 10.2 Å². The van der Waals surface area contributed by atoms with Gasteiger partial charge < -0.3 is 14.2 Å². The number of rotatable bonds is 12. The third-order valence-corrected chi connectivity index (χ3v) is 6.13. The van der Waals surface area contributed by atoms with E-state index in [1.54, 1.807) is 30.3 Å². The molecule has 0 aliphatic heterocycles. The highest BCUT2D eigenvalue weighted by Gasteiger charge is 2.13. The van der Waals surface area contributed by atoms with Crippen LogP contribution in [0, 0.1) is 18.3 Å². The first kappa shape index (κ1) is 26.5. The van der Waals surface area contributed by atoms with Gasteiger partial charge in [-0.3, -0.25) is 10.1 Å². The number of allylic oxidation sites excluding steroid dienone is 1. The van der Waals surface area contributed by atoms with Crippen molar-refractivity contribution in [2.75, 3.05) is 31.7 Å². The van der Waals surface area contributed by atoms with Gasteiger partial charge in [0, 0.05) is 11.1 Å². The third kappa shape index (κ3) is 7.74. The zero-order chi connectivity index (χ0) is 26.6. The van der Waals surface area contributed by atoms with Crippen molar-refractivity contribution in [3.63, 3.8) is 0 Å². The molecule has 0 radical (unpaired) electrons. The average molecular weight is 527 g/mol. The predicted molar refractivity (Wildman–Crippen MR) is 147 cm³/mol. The second-order valence-corrected chi connectivity index (χ2v) is 9.04. The molecule has 1 N–H and O–H groups in total. The first-order valence-corrected chi connectivity index (χ1v) is 12.7. The summed E-state index contributed by atoms with van der Waals surface area (Å²) in [5, 5.41) is 21.3. The summed E-state index contributed by atoms with van der Waals surface area (Å²) in [5.41, 5.74) is 2.72. The van der Waals surface area contributed by atoms with Crippen LogP contribution in [0.15, 0.2) is 78.9 Å². The second kappa shape index (κ2) is 13.7. The van der Waals surface area contributed by atoms with E-state index in [9.17, 15) is 10.1 Å². The standard InChI is InChI=1S/C29H26N4O4S/c1-21-11-13-25(14-12-21)36-17-15-35-16-18-37-26-10-6-5-9-23(26)19-24(20-30)28-32-33-29(38-28)31-27(34)22-7-3-2-4-8-22/h2-14,19H,15-18H2,1H3,(H,31,33,34)/b24-19-. The van der Waals surface area contributed by atoms with Crippen LogP contribution in [0.1, 0.15) is 26.5 Å². The largest absolute Gasteiger partial charge is 0.491 e. The van der Waals surface area contributed by atoms with Crippen molar-refractivity contribution in [1.29, 1.82) is 5.26 Å². The Kier molecular flexibility index (Phi) is 9.56. The molecule has 0 saturated carbocycles. The molecule has 0 atom stereocenters. The average Bonchev–Trinajstić information content (AvgIpc) is 3.41. The van der Waals surface area contributed by atoms with Crippen molar-refractivity contribution < 1.29 is 19.0 Å². The Morgan fingerprint density at radius 1 is 0.921 bits per heavy atom. The Balaban J connectivity index is 1.29. The number of hydrogen-bond donors (Lipinski definition) is 1.